The van der Waals surface area contributed by atoms with Crippen molar-refractivity contribution in [2.75, 3.05) is 32.4 Å². The summed E-state index contributed by atoms with van der Waals surface area (Å²) in [5.74, 6) is 0.938. The second kappa shape index (κ2) is 7.86. The predicted octanol–water partition coefficient (Wildman–Crippen LogP) is -0.0522. The molecular weight excluding hydrogens is 172 g/mol. The Bertz CT molecular complexity index is 103. The smallest absolute Gasteiger partial charge is 0.0788 e. The molecule has 0 heterocycles. The van der Waals surface area contributed by atoms with E-state index in [1.54, 1.807) is 0 Å². The van der Waals surface area contributed by atoms with Crippen molar-refractivity contribution >= 4 is 12.6 Å². The largest absolute Gasteiger partial charge is 0.390 e. The zero-order valence-corrected chi connectivity index (χ0v) is 8.63. The van der Waals surface area contributed by atoms with E-state index in [1.165, 1.54) is 0 Å². The van der Waals surface area contributed by atoms with Crippen LogP contribution in [0.4, 0.5) is 0 Å². The fourth-order valence-corrected chi connectivity index (χ4v) is 1.24. The van der Waals surface area contributed by atoms with E-state index in [0.29, 0.717) is 13.1 Å². The lowest BCUT2D eigenvalue weighted by molar-refractivity contribution is 0.132. The maximum Gasteiger partial charge on any atom is 0.0788 e. The molecule has 0 fully saturated rings. The first-order chi connectivity index (χ1) is 5.70. The Morgan fingerprint density at radius 2 is 2.17 bits per heavy atom. The molecular formula is C8H20N2OS. The summed E-state index contributed by atoms with van der Waals surface area (Å²) in [4.78, 5) is 2.10. The minimum absolute atomic E-state index is 0.344. The Hall–Kier alpha value is 0.230. The number of hydrogen-bond donors (Lipinski definition) is 3. The SMILES string of the molecule is CN(CCCCS)CC(O)CN. The second-order valence-electron chi connectivity index (χ2n) is 3.08. The summed E-state index contributed by atoms with van der Waals surface area (Å²) in [5.41, 5.74) is 5.29. The van der Waals surface area contributed by atoms with Crippen LogP contribution in [0.2, 0.25) is 0 Å². The highest BCUT2D eigenvalue weighted by Gasteiger charge is 2.04. The topological polar surface area (TPSA) is 49.5 Å². The van der Waals surface area contributed by atoms with Crippen molar-refractivity contribution in [3.63, 3.8) is 0 Å². The zero-order valence-electron chi connectivity index (χ0n) is 7.74. The Labute approximate surface area is 80.3 Å². The highest BCUT2D eigenvalue weighted by molar-refractivity contribution is 7.80. The van der Waals surface area contributed by atoms with E-state index in [2.05, 4.69) is 17.5 Å². The molecule has 3 N–H and O–H groups in total. The van der Waals surface area contributed by atoms with Gasteiger partial charge in [0.1, 0.15) is 0 Å². The number of rotatable bonds is 7. The first kappa shape index (κ1) is 12.2. The third kappa shape index (κ3) is 6.91. The average molecular weight is 192 g/mol. The normalized spacial score (nSPS) is 13.8. The van der Waals surface area contributed by atoms with E-state index in [-0.39, 0.29) is 6.10 Å². The number of hydrogen-bond acceptors (Lipinski definition) is 4. The lowest BCUT2D eigenvalue weighted by Crippen LogP contribution is -2.34. The van der Waals surface area contributed by atoms with Gasteiger partial charge in [-0.2, -0.15) is 12.6 Å². The van der Waals surface area contributed by atoms with Crippen LogP contribution in [0.1, 0.15) is 12.8 Å². The standard InChI is InChI=1S/C8H20N2OS/c1-10(4-2-3-5-12)7-8(11)6-9/h8,11-12H,2-7,9H2,1H3. The Kier molecular flexibility index (Phi) is 8.01. The van der Waals surface area contributed by atoms with Gasteiger partial charge in [-0.25, -0.2) is 0 Å². The molecule has 0 aliphatic carbocycles. The van der Waals surface area contributed by atoms with Crippen LogP contribution >= 0.6 is 12.6 Å². The van der Waals surface area contributed by atoms with E-state index >= 15 is 0 Å². The van der Waals surface area contributed by atoms with Crippen LogP contribution in [0.3, 0.4) is 0 Å². The number of unbranched alkanes of at least 4 members (excludes halogenated alkanes) is 1. The quantitative estimate of drug-likeness (QED) is 0.391. The lowest BCUT2D eigenvalue weighted by atomic mass is 10.3. The van der Waals surface area contributed by atoms with E-state index in [1.807, 2.05) is 7.05 Å². The summed E-state index contributed by atoms with van der Waals surface area (Å²) < 4.78 is 0. The zero-order chi connectivity index (χ0) is 9.40. The van der Waals surface area contributed by atoms with E-state index in [9.17, 15) is 5.11 Å². The maximum absolute atomic E-state index is 9.20. The van der Waals surface area contributed by atoms with Crippen molar-refractivity contribution in [1.82, 2.24) is 4.90 Å². The molecule has 0 aliphatic rings. The van der Waals surface area contributed by atoms with Gasteiger partial charge in [0.05, 0.1) is 6.10 Å². The van der Waals surface area contributed by atoms with Gasteiger partial charge in [-0.05, 0) is 32.2 Å². The van der Waals surface area contributed by atoms with Crippen LogP contribution in [0.25, 0.3) is 0 Å². The lowest BCUT2D eigenvalue weighted by Gasteiger charge is -2.19. The second-order valence-corrected chi connectivity index (χ2v) is 3.53. The molecule has 12 heavy (non-hydrogen) atoms. The van der Waals surface area contributed by atoms with E-state index in [4.69, 9.17) is 5.73 Å². The van der Waals surface area contributed by atoms with Crippen LogP contribution in [0.5, 0.6) is 0 Å². The summed E-state index contributed by atoms with van der Waals surface area (Å²) in [5, 5.41) is 9.20. The van der Waals surface area contributed by atoms with Gasteiger partial charge in [-0.1, -0.05) is 0 Å². The summed E-state index contributed by atoms with van der Waals surface area (Å²) in [6.07, 6.45) is 1.88. The van der Waals surface area contributed by atoms with Gasteiger partial charge in [0.25, 0.3) is 0 Å². The third-order valence-corrected chi connectivity index (χ3v) is 2.06. The highest BCUT2D eigenvalue weighted by Crippen LogP contribution is 1.95. The molecule has 0 saturated heterocycles. The minimum Gasteiger partial charge on any atom is -0.390 e. The van der Waals surface area contributed by atoms with E-state index in [0.717, 1.165) is 25.1 Å². The molecule has 0 amide bonds. The molecule has 0 aromatic carbocycles. The number of nitrogens with zero attached hydrogens (tertiary/aromatic N) is 1. The van der Waals surface area contributed by atoms with Crippen molar-refractivity contribution in [2.24, 2.45) is 5.73 Å². The summed E-state index contributed by atoms with van der Waals surface area (Å²) in [7, 11) is 2.00. The van der Waals surface area contributed by atoms with Crippen molar-refractivity contribution in [3.05, 3.63) is 0 Å². The van der Waals surface area contributed by atoms with Gasteiger partial charge in [0, 0.05) is 13.1 Å². The van der Waals surface area contributed by atoms with Gasteiger partial charge in [0.2, 0.25) is 0 Å². The van der Waals surface area contributed by atoms with Crippen molar-refractivity contribution in [3.8, 4) is 0 Å². The molecule has 0 bridgehead atoms. The molecule has 3 nitrogen and oxygen atoms in total. The Balaban J connectivity index is 3.26. The van der Waals surface area contributed by atoms with Gasteiger partial charge in [-0.15, -0.1) is 0 Å². The molecule has 74 valence electrons. The number of nitrogens with two attached hydrogens (primary N) is 1. The van der Waals surface area contributed by atoms with Crippen LogP contribution in [0, 0.1) is 0 Å². The summed E-state index contributed by atoms with van der Waals surface area (Å²) in [6.45, 7) is 2.03. The van der Waals surface area contributed by atoms with Crippen LogP contribution in [-0.2, 0) is 0 Å². The fourth-order valence-electron chi connectivity index (χ4n) is 1.02. The average Bonchev–Trinajstić information content (AvgIpc) is 2.05. The molecule has 0 spiro atoms. The Morgan fingerprint density at radius 3 is 2.67 bits per heavy atom. The molecule has 0 radical (unpaired) electrons. The van der Waals surface area contributed by atoms with Gasteiger partial charge >= 0.3 is 0 Å². The minimum atomic E-state index is -0.383. The molecule has 0 aromatic heterocycles. The summed E-state index contributed by atoms with van der Waals surface area (Å²) in [6, 6.07) is 0. The van der Waals surface area contributed by atoms with Crippen LogP contribution in [0.15, 0.2) is 0 Å². The van der Waals surface area contributed by atoms with Crippen LogP contribution < -0.4 is 5.73 Å². The number of aliphatic hydroxyl groups is 1. The number of likely N-dealkylation sites (N-methyl/N-ethyl adjacent to an activating group) is 1. The summed E-state index contributed by atoms with van der Waals surface area (Å²) >= 11 is 4.12. The molecule has 0 rings (SSSR count). The van der Waals surface area contributed by atoms with Gasteiger partial charge in [0.15, 0.2) is 0 Å². The maximum atomic E-state index is 9.20. The fraction of sp³-hybridized carbons (Fsp3) is 1.00. The van der Waals surface area contributed by atoms with Crippen molar-refractivity contribution in [1.29, 1.82) is 0 Å². The highest BCUT2D eigenvalue weighted by atomic mass is 32.1. The first-order valence-electron chi connectivity index (χ1n) is 4.38. The molecule has 1 atom stereocenters. The molecule has 4 heteroatoms. The first-order valence-corrected chi connectivity index (χ1v) is 5.01. The predicted molar refractivity (Wildman–Crippen MR) is 55.6 cm³/mol. The third-order valence-electron chi connectivity index (χ3n) is 1.74. The van der Waals surface area contributed by atoms with Crippen molar-refractivity contribution in [2.45, 2.75) is 18.9 Å². The molecule has 0 aromatic rings. The van der Waals surface area contributed by atoms with Gasteiger partial charge in [-0.3, -0.25) is 0 Å². The monoisotopic (exact) mass is 192 g/mol. The Morgan fingerprint density at radius 1 is 1.50 bits per heavy atom. The molecule has 1 unspecified atom stereocenters. The van der Waals surface area contributed by atoms with E-state index < -0.39 is 0 Å². The van der Waals surface area contributed by atoms with Gasteiger partial charge < -0.3 is 15.7 Å². The van der Waals surface area contributed by atoms with Crippen LogP contribution in [-0.4, -0.2) is 48.5 Å². The number of aliphatic hydroxyl groups excluding tert-OH is 1. The molecule has 0 saturated carbocycles. The number of thiol groups is 1. The van der Waals surface area contributed by atoms with Crippen molar-refractivity contribution < 1.29 is 5.11 Å². The molecule has 0 aliphatic heterocycles.